The molecule has 3 nitrogen and oxygen atoms in total. The molecule has 4 heteroatoms. The van der Waals surface area contributed by atoms with Crippen LogP contribution in [0.3, 0.4) is 0 Å². The first-order valence-corrected chi connectivity index (χ1v) is 7.98. The molecule has 2 aromatic carbocycles. The molecular formula is C19H16N2OS. The fraction of sp³-hybridized carbons (Fsp3) is 0.105. The summed E-state index contributed by atoms with van der Waals surface area (Å²) in [5, 5.41) is 10.3. The summed E-state index contributed by atoms with van der Waals surface area (Å²) in [4.78, 5) is 6.53. The van der Waals surface area contributed by atoms with Gasteiger partial charge in [-0.15, -0.1) is 11.3 Å². The van der Waals surface area contributed by atoms with Gasteiger partial charge in [-0.25, -0.2) is 4.98 Å². The van der Waals surface area contributed by atoms with Crippen molar-refractivity contribution in [3.05, 3.63) is 59.1 Å². The zero-order valence-corrected chi connectivity index (χ0v) is 13.8. The largest absolute Gasteiger partial charge is 0.508 e. The van der Waals surface area contributed by atoms with Gasteiger partial charge in [0.1, 0.15) is 10.8 Å². The Kier molecular flexibility index (Phi) is 4.31. The summed E-state index contributed by atoms with van der Waals surface area (Å²) in [6, 6.07) is 13.3. The number of rotatable bonds is 2. The highest BCUT2D eigenvalue weighted by Crippen LogP contribution is 2.26. The Morgan fingerprint density at radius 1 is 1.13 bits per heavy atom. The molecule has 0 aliphatic heterocycles. The van der Waals surface area contributed by atoms with Gasteiger partial charge in [-0.05, 0) is 54.6 Å². The van der Waals surface area contributed by atoms with E-state index in [-0.39, 0.29) is 5.75 Å². The topological polar surface area (TPSA) is 36.4 Å². The van der Waals surface area contributed by atoms with Crippen LogP contribution in [0.15, 0.2) is 48.5 Å². The van der Waals surface area contributed by atoms with E-state index in [1.807, 2.05) is 50.5 Å². The number of hydrogen-bond donors (Lipinski definition) is 1. The lowest BCUT2D eigenvalue weighted by Crippen LogP contribution is -2.07. The number of anilines is 1. The first kappa shape index (κ1) is 15.1. The van der Waals surface area contributed by atoms with Gasteiger partial charge >= 0.3 is 0 Å². The van der Waals surface area contributed by atoms with Crippen LogP contribution >= 0.6 is 11.3 Å². The molecule has 0 atom stereocenters. The molecule has 0 bridgehead atoms. The van der Waals surface area contributed by atoms with E-state index in [1.54, 1.807) is 18.2 Å². The molecule has 0 saturated carbocycles. The first-order chi connectivity index (χ1) is 11.1. The third-order valence-corrected chi connectivity index (χ3v) is 4.28. The highest BCUT2D eigenvalue weighted by atomic mass is 32.1. The number of nitrogens with zero attached hydrogens (tertiary/aromatic N) is 2. The number of fused-ring (bicyclic) bond motifs is 1. The molecule has 0 aliphatic rings. The van der Waals surface area contributed by atoms with E-state index in [1.165, 1.54) is 11.3 Å². The third kappa shape index (κ3) is 3.71. The predicted molar refractivity (Wildman–Crippen MR) is 98.0 cm³/mol. The summed E-state index contributed by atoms with van der Waals surface area (Å²) < 4.78 is 0.969. The van der Waals surface area contributed by atoms with E-state index in [0.29, 0.717) is 0 Å². The summed E-state index contributed by atoms with van der Waals surface area (Å²) >= 11 is 1.53. The second kappa shape index (κ2) is 6.55. The van der Waals surface area contributed by atoms with Crippen LogP contribution < -0.4 is 4.90 Å². The Morgan fingerprint density at radius 2 is 1.91 bits per heavy atom. The zero-order valence-electron chi connectivity index (χ0n) is 12.9. The summed E-state index contributed by atoms with van der Waals surface area (Å²) in [6.45, 7) is 0. The fourth-order valence-corrected chi connectivity index (χ4v) is 2.99. The first-order valence-electron chi connectivity index (χ1n) is 7.17. The third-order valence-electron chi connectivity index (χ3n) is 3.30. The number of phenols is 1. The highest BCUT2D eigenvalue weighted by molar-refractivity contribution is 7.19. The Bertz CT molecular complexity index is 912. The summed E-state index contributed by atoms with van der Waals surface area (Å²) in [5.74, 6) is 6.39. The van der Waals surface area contributed by atoms with Crippen LogP contribution in [-0.4, -0.2) is 24.2 Å². The Hall–Kier alpha value is -2.77. The van der Waals surface area contributed by atoms with Crippen molar-refractivity contribution in [3.63, 3.8) is 0 Å². The minimum Gasteiger partial charge on any atom is -0.508 e. The van der Waals surface area contributed by atoms with Crippen LogP contribution in [0.2, 0.25) is 0 Å². The Labute approximate surface area is 139 Å². The monoisotopic (exact) mass is 319 g/mol. The van der Waals surface area contributed by atoms with Crippen molar-refractivity contribution in [3.8, 4) is 17.6 Å². The number of benzene rings is 2. The summed E-state index contributed by atoms with van der Waals surface area (Å²) in [6.07, 6.45) is 3.69. The molecule has 114 valence electrons. The normalized spacial score (nSPS) is 10.7. The van der Waals surface area contributed by atoms with E-state index >= 15 is 0 Å². The van der Waals surface area contributed by atoms with Gasteiger partial charge in [0.15, 0.2) is 0 Å². The van der Waals surface area contributed by atoms with Crippen molar-refractivity contribution in [2.75, 3.05) is 19.0 Å². The number of aromatic hydroxyl groups is 1. The molecule has 0 spiro atoms. The molecule has 3 rings (SSSR count). The van der Waals surface area contributed by atoms with E-state index in [4.69, 9.17) is 0 Å². The van der Waals surface area contributed by atoms with Crippen LogP contribution in [-0.2, 0) is 0 Å². The molecule has 1 N–H and O–H groups in total. The predicted octanol–water partition coefficient (Wildman–Crippen LogP) is 4.13. The number of allylic oxidation sites excluding steroid dienone is 1. The lowest BCUT2D eigenvalue weighted by Gasteiger charge is -2.11. The molecular weight excluding hydrogens is 303 g/mol. The molecule has 0 saturated heterocycles. The van der Waals surface area contributed by atoms with Crippen LogP contribution in [0.25, 0.3) is 16.3 Å². The summed E-state index contributed by atoms with van der Waals surface area (Å²) in [7, 11) is 4.03. The quantitative estimate of drug-likeness (QED) is 0.721. The van der Waals surface area contributed by atoms with Crippen LogP contribution in [0.5, 0.6) is 5.75 Å². The van der Waals surface area contributed by atoms with Crippen LogP contribution in [0, 0.1) is 11.8 Å². The minimum absolute atomic E-state index is 0.262. The average Bonchev–Trinajstić information content (AvgIpc) is 2.94. The van der Waals surface area contributed by atoms with Gasteiger partial charge in [0, 0.05) is 25.3 Å². The number of aromatic nitrogens is 1. The number of hydrogen-bond acceptors (Lipinski definition) is 4. The zero-order chi connectivity index (χ0) is 16.2. The van der Waals surface area contributed by atoms with Crippen molar-refractivity contribution in [1.82, 2.24) is 4.98 Å². The second-order valence-electron chi connectivity index (χ2n) is 5.25. The van der Waals surface area contributed by atoms with Gasteiger partial charge in [-0.1, -0.05) is 11.8 Å². The Morgan fingerprint density at radius 3 is 2.65 bits per heavy atom. The number of thiazole rings is 1. The molecule has 3 aromatic rings. The van der Waals surface area contributed by atoms with Gasteiger partial charge in [0.05, 0.1) is 10.2 Å². The van der Waals surface area contributed by atoms with E-state index in [9.17, 15) is 5.11 Å². The molecule has 23 heavy (non-hydrogen) atoms. The van der Waals surface area contributed by atoms with Crippen molar-refractivity contribution < 1.29 is 5.11 Å². The van der Waals surface area contributed by atoms with Gasteiger partial charge in [-0.2, -0.15) is 0 Å². The minimum atomic E-state index is 0.262. The smallest absolute Gasteiger partial charge is 0.117 e. The maximum atomic E-state index is 9.47. The van der Waals surface area contributed by atoms with E-state index in [0.717, 1.165) is 26.5 Å². The maximum Gasteiger partial charge on any atom is 0.117 e. The standard InChI is InChI=1S/C19H16N2OS/c1-21(2)15-9-7-14(8-10-15)5-3-4-6-19-20-17-12-11-16(22)13-18(17)23-19/h4,6-13,22H,1-2H3/b6-4+/i1-1. The molecule has 0 aliphatic carbocycles. The fourth-order valence-electron chi connectivity index (χ4n) is 2.08. The van der Waals surface area contributed by atoms with Gasteiger partial charge in [0.2, 0.25) is 0 Å². The molecule has 0 radical (unpaired) electrons. The molecule has 0 fully saturated rings. The van der Waals surface area contributed by atoms with E-state index in [2.05, 4.69) is 21.7 Å². The van der Waals surface area contributed by atoms with Crippen molar-refractivity contribution >= 4 is 33.3 Å². The highest BCUT2D eigenvalue weighted by Gasteiger charge is 2.01. The SMILES string of the molecule is CN([11CH3])c1ccc(C#C/C=C/c2nc3ccc(O)cc3s2)cc1. The van der Waals surface area contributed by atoms with Gasteiger partial charge < -0.3 is 10.0 Å². The van der Waals surface area contributed by atoms with Crippen LogP contribution in [0.1, 0.15) is 10.6 Å². The second-order valence-corrected chi connectivity index (χ2v) is 6.31. The Balaban J connectivity index is 1.73. The lowest BCUT2D eigenvalue weighted by molar-refractivity contribution is 0.476. The molecule has 1 heterocycles. The van der Waals surface area contributed by atoms with Crippen molar-refractivity contribution in [1.29, 1.82) is 0 Å². The molecule has 0 unspecified atom stereocenters. The average molecular weight is 319 g/mol. The number of phenolic OH excluding ortho intramolecular Hbond substituents is 1. The molecule has 1 aromatic heterocycles. The maximum absolute atomic E-state index is 9.47. The van der Waals surface area contributed by atoms with E-state index < -0.39 is 0 Å². The van der Waals surface area contributed by atoms with Crippen LogP contribution in [0.4, 0.5) is 5.69 Å². The van der Waals surface area contributed by atoms with Gasteiger partial charge in [-0.3, -0.25) is 0 Å². The van der Waals surface area contributed by atoms with Crippen molar-refractivity contribution in [2.24, 2.45) is 0 Å². The molecule has 0 amide bonds. The lowest BCUT2D eigenvalue weighted by atomic mass is 10.2. The van der Waals surface area contributed by atoms with Crippen molar-refractivity contribution in [2.45, 2.75) is 0 Å². The van der Waals surface area contributed by atoms with Gasteiger partial charge in [0.25, 0.3) is 0 Å². The summed E-state index contributed by atoms with van der Waals surface area (Å²) in [5.41, 5.74) is 3.03.